The van der Waals surface area contributed by atoms with Gasteiger partial charge >= 0.3 is 6.03 Å². The fraction of sp³-hybridized carbons (Fsp3) is 0.278. The molecule has 0 aliphatic carbocycles. The van der Waals surface area contributed by atoms with Crippen LogP contribution in [0.5, 0.6) is 5.75 Å². The second-order valence-corrected chi connectivity index (χ2v) is 5.11. The van der Waals surface area contributed by atoms with Crippen molar-refractivity contribution in [2.24, 2.45) is 0 Å². The van der Waals surface area contributed by atoms with Crippen LogP contribution >= 0.6 is 0 Å². The lowest BCUT2D eigenvalue weighted by molar-refractivity contribution is 0.249. The molecule has 0 aromatic heterocycles. The topological polar surface area (TPSA) is 50.4 Å². The van der Waals surface area contributed by atoms with E-state index < -0.39 is 0 Å². The Balaban J connectivity index is 1.91. The van der Waals surface area contributed by atoms with Gasteiger partial charge in [-0.25, -0.2) is 4.79 Å². The Morgan fingerprint density at radius 1 is 1.14 bits per heavy atom. The maximum absolute atomic E-state index is 12.1. The normalized spacial score (nSPS) is 11.5. The Kier molecular flexibility index (Phi) is 5.83. The van der Waals surface area contributed by atoms with Crippen molar-refractivity contribution >= 4 is 11.7 Å². The van der Waals surface area contributed by atoms with E-state index >= 15 is 0 Å². The second-order valence-electron chi connectivity index (χ2n) is 5.11. The Morgan fingerprint density at radius 3 is 2.64 bits per heavy atom. The first kappa shape index (κ1) is 15.9. The molecule has 1 unspecified atom stereocenters. The largest absolute Gasteiger partial charge is 0.494 e. The molecule has 1 atom stereocenters. The number of rotatable bonds is 6. The van der Waals surface area contributed by atoms with Crippen molar-refractivity contribution in [3.8, 4) is 5.75 Å². The minimum Gasteiger partial charge on any atom is -0.494 e. The number of nitrogens with one attached hydrogen (secondary N) is 2. The fourth-order valence-electron chi connectivity index (χ4n) is 2.07. The van der Waals surface area contributed by atoms with Gasteiger partial charge in [0.1, 0.15) is 5.75 Å². The summed E-state index contributed by atoms with van der Waals surface area (Å²) < 4.78 is 5.56. The zero-order chi connectivity index (χ0) is 15.8. The van der Waals surface area contributed by atoms with E-state index in [0.717, 1.165) is 17.7 Å². The van der Waals surface area contributed by atoms with E-state index in [2.05, 4.69) is 17.6 Å². The van der Waals surface area contributed by atoms with Gasteiger partial charge in [0.25, 0.3) is 0 Å². The molecule has 0 fully saturated rings. The van der Waals surface area contributed by atoms with Crippen LogP contribution in [0.15, 0.2) is 54.6 Å². The molecular weight excluding hydrogens is 276 g/mol. The number of ether oxygens (including phenoxy) is 1. The molecule has 2 rings (SSSR count). The van der Waals surface area contributed by atoms with Gasteiger partial charge < -0.3 is 15.4 Å². The van der Waals surface area contributed by atoms with E-state index in [9.17, 15) is 4.79 Å². The van der Waals surface area contributed by atoms with E-state index in [1.54, 1.807) is 0 Å². The third-order valence-electron chi connectivity index (χ3n) is 3.21. The summed E-state index contributed by atoms with van der Waals surface area (Å²) in [5.74, 6) is 0.760. The van der Waals surface area contributed by atoms with Crippen molar-refractivity contribution in [2.75, 3.05) is 11.9 Å². The van der Waals surface area contributed by atoms with Crippen LogP contribution in [0.25, 0.3) is 0 Å². The van der Waals surface area contributed by atoms with Crippen LogP contribution < -0.4 is 15.4 Å². The summed E-state index contributed by atoms with van der Waals surface area (Å²) in [5.41, 5.74) is 1.78. The molecule has 2 aromatic carbocycles. The van der Waals surface area contributed by atoms with E-state index in [1.165, 1.54) is 0 Å². The molecule has 0 spiro atoms. The molecule has 22 heavy (non-hydrogen) atoms. The van der Waals surface area contributed by atoms with E-state index in [-0.39, 0.29) is 12.1 Å². The molecule has 0 saturated carbocycles. The molecule has 0 saturated heterocycles. The molecule has 2 amide bonds. The molecule has 4 heteroatoms. The monoisotopic (exact) mass is 298 g/mol. The standard InChI is InChI=1S/C18H22N2O2/c1-3-12-22-17-11-7-10-16(13-17)20-18(21)19-14(2)15-8-5-4-6-9-15/h4-11,13-14H,3,12H2,1-2H3,(H2,19,20,21). The average Bonchev–Trinajstić information content (AvgIpc) is 2.54. The van der Waals surface area contributed by atoms with Crippen LogP contribution in [0, 0.1) is 0 Å². The average molecular weight is 298 g/mol. The van der Waals surface area contributed by atoms with Crippen molar-refractivity contribution in [3.05, 3.63) is 60.2 Å². The Hall–Kier alpha value is -2.49. The number of urea groups is 1. The van der Waals surface area contributed by atoms with Crippen LogP contribution in [0.3, 0.4) is 0 Å². The molecule has 0 aliphatic rings. The van der Waals surface area contributed by atoms with Gasteiger partial charge in [-0.1, -0.05) is 43.3 Å². The fourth-order valence-corrected chi connectivity index (χ4v) is 2.07. The van der Waals surface area contributed by atoms with Gasteiger partial charge in [0.05, 0.1) is 12.6 Å². The second kappa shape index (κ2) is 8.08. The van der Waals surface area contributed by atoms with E-state index in [4.69, 9.17) is 4.74 Å². The minimum atomic E-state index is -0.232. The summed E-state index contributed by atoms with van der Waals surface area (Å²) in [6, 6.07) is 17.0. The Bertz CT molecular complexity index is 599. The van der Waals surface area contributed by atoms with Crippen molar-refractivity contribution in [2.45, 2.75) is 26.3 Å². The third kappa shape index (κ3) is 4.81. The van der Waals surface area contributed by atoms with E-state index in [0.29, 0.717) is 12.3 Å². The van der Waals surface area contributed by atoms with Crippen LogP contribution in [-0.4, -0.2) is 12.6 Å². The highest BCUT2D eigenvalue weighted by atomic mass is 16.5. The van der Waals surface area contributed by atoms with E-state index in [1.807, 2.05) is 61.5 Å². The van der Waals surface area contributed by atoms with Crippen LogP contribution in [0.2, 0.25) is 0 Å². The predicted octanol–water partition coefficient (Wildman–Crippen LogP) is 4.36. The Morgan fingerprint density at radius 2 is 1.91 bits per heavy atom. The van der Waals surface area contributed by atoms with Gasteiger partial charge in [-0.05, 0) is 31.0 Å². The smallest absolute Gasteiger partial charge is 0.319 e. The SMILES string of the molecule is CCCOc1cccc(NC(=O)NC(C)c2ccccc2)c1. The van der Waals surface area contributed by atoms with Crippen molar-refractivity contribution in [1.29, 1.82) is 0 Å². The van der Waals surface area contributed by atoms with Crippen molar-refractivity contribution in [1.82, 2.24) is 5.32 Å². The maximum Gasteiger partial charge on any atom is 0.319 e. The lowest BCUT2D eigenvalue weighted by Crippen LogP contribution is -2.31. The van der Waals surface area contributed by atoms with Gasteiger partial charge in [-0.15, -0.1) is 0 Å². The van der Waals surface area contributed by atoms with Gasteiger partial charge in [0, 0.05) is 11.8 Å². The highest BCUT2D eigenvalue weighted by Crippen LogP contribution is 2.18. The van der Waals surface area contributed by atoms with Gasteiger partial charge in [-0.2, -0.15) is 0 Å². The molecule has 4 nitrogen and oxygen atoms in total. The number of carbonyl (C=O) groups excluding carboxylic acids is 1. The zero-order valence-electron chi connectivity index (χ0n) is 13.0. The molecule has 2 N–H and O–H groups in total. The number of hydrogen-bond donors (Lipinski definition) is 2. The first-order valence-electron chi connectivity index (χ1n) is 7.54. The maximum atomic E-state index is 12.1. The zero-order valence-corrected chi connectivity index (χ0v) is 13.0. The summed E-state index contributed by atoms with van der Waals surface area (Å²) in [7, 11) is 0. The van der Waals surface area contributed by atoms with Crippen LogP contribution in [0.4, 0.5) is 10.5 Å². The van der Waals surface area contributed by atoms with Gasteiger partial charge in [-0.3, -0.25) is 0 Å². The number of hydrogen-bond acceptors (Lipinski definition) is 2. The number of benzene rings is 2. The van der Waals surface area contributed by atoms with Crippen molar-refractivity contribution < 1.29 is 9.53 Å². The molecule has 0 radical (unpaired) electrons. The lowest BCUT2D eigenvalue weighted by atomic mass is 10.1. The molecule has 0 bridgehead atoms. The quantitative estimate of drug-likeness (QED) is 0.832. The van der Waals surface area contributed by atoms with Gasteiger partial charge in [0.15, 0.2) is 0 Å². The van der Waals surface area contributed by atoms with Crippen molar-refractivity contribution in [3.63, 3.8) is 0 Å². The molecule has 0 aliphatic heterocycles. The Labute approximate surface area is 131 Å². The summed E-state index contributed by atoms with van der Waals surface area (Å²) in [5, 5.41) is 5.75. The highest BCUT2D eigenvalue weighted by Gasteiger charge is 2.09. The molecule has 2 aromatic rings. The lowest BCUT2D eigenvalue weighted by Gasteiger charge is -2.15. The summed E-state index contributed by atoms with van der Waals surface area (Å²) >= 11 is 0. The number of carbonyl (C=O) groups is 1. The number of amides is 2. The van der Waals surface area contributed by atoms with Gasteiger partial charge in [0.2, 0.25) is 0 Å². The molecular formula is C18H22N2O2. The van der Waals surface area contributed by atoms with Crippen LogP contribution in [0.1, 0.15) is 31.9 Å². The molecule has 0 heterocycles. The summed E-state index contributed by atoms with van der Waals surface area (Å²) in [6.07, 6.45) is 0.951. The first-order valence-corrected chi connectivity index (χ1v) is 7.54. The molecule has 116 valence electrons. The van der Waals surface area contributed by atoms with Crippen LogP contribution in [-0.2, 0) is 0 Å². The predicted molar refractivity (Wildman–Crippen MR) is 89.2 cm³/mol. The third-order valence-corrected chi connectivity index (χ3v) is 3.21. The highest BCUT2D eigenvalue weighted by molar-refractivity contribution is 5.89. The first-order chi connectivity index (χ1) is 10.7. The minimum absolute atomic E-state index is 0.0549. The number of anilines is 1. The summed E-state index contributed by atoms with van der Waals surface area (Å²) in [4.78, 5) is 12.1. The summed E-state index contributed by atoms with van der Waals surface area (Å²) in [6.45, 7) is 4.68.